The van der Waals surface area contributed by atoms with Gasteiger partial charge < -0.3 is 9.64 Å². The Hall–Kier alpha value is -2.03. The molecule has 3 rings (SSSR count). The van der Waals surface area contributed by atoms with Crippen molar-refractivity contribution in [1.29, 1.82) is 0 Å². The van der Waals surface area contributed by atoms with Crippen LogP contribution in [0.1, 0.15) is 12.8 Å². The third kappa shape index (κ3) is 2.45. The second kappa shape index (κ2) is 5.08. The normalized spacial score (nSPS) is 14.8. The summed E-state index contributed by atoms with van der Waals surface area (Å²) >= 11 is 0. The molecule has 3 heteroatoms. The molecule has 1 aliphatic rings. The van der Waals surface area contributed by atoms with Gasteiger partial charge in [0.2, 0.25) is 0 Å². The maximum absolute atomic E-state index is 5.81. The van der Waals surface area contributed by atoms with Crippen molar-refractivity contribution >= 4 is 5.82 Å². The lowest BCUT2D eigenvalue weighted by atomic mass is 10.3. The molecule has 0 unspecified atom stereocenters. The van der Waals surface area contributed by atoms with Gasteiger partial charge in [0, 0.05) is 25.4 Å². The first-order valence-corrected chi connectivity index (χ1v) is 6.36. The average molecular weight is 240 g/mol. The molecule has 1 aromatic carbocycles. The molecule has 0 amide bonds. The standard InChI is InChI=1S/C15H16N2O/c1-2-6-13(7-3-1)18-14-8-9-16-15(12-14)17-10-4-5-11-17/h1-3,6-9,12H,4-5,10-11H2. The number of pyridine rings is 1. The maximum Gasteiger partial charge on any atom is 0.132 e. The molecule has 1 fully saturated rings. The van der Waals surface area contributed by atoms with Gasteiger partial charge in [-0.1, -0.05) is 18.2 Å². The Bertz CT molecular complexity index is 507. The van der Waals surface area contributed by atoms with Crippen LogP contribution in [0.2, 0.25) is 0 Å². The highest BCUT2D eigenvalue weighted by atomic mass is 16.5. The van der Waals surface area contributed by atoms with Crippen LogP contribution in [-0.2, 0) is 0 Å². The summed E-state index contributed by atoms with van der Waals surface area (Å²) in [4.78, 5) is 6.71. The van der Waals surface area contributed by atoms with E-state index in [1.165, 1.54) is 12.8 Å². The van der Waals surface area contributed by atoms with E-state index in [1.807, 2.05) is 48.7 Å². The minimum Gasteiger partial charge on any atom is -0.457 e. The topological polar surface area (TPSA) is 25.4 Å². The van der Waals surface area contributed by atoms with Crippen molar-refractivity contribution in [2.45, 2.75) is 12.8 Å². The van der Waals surface area contributed by atoms with Crippen LogP contribution < -0.4 is 9.64 Å². The largest absolute Gasteiger partial charge is 0.457 e. The highest BCUT2D eigenvalue weighted by Gasteiger charge is 2.13. The molecule has 92 valence electrons. The summed E-state index contributed by atoms with van der Waals surface area (Å²) in [6.07, 6.45) is 4.32. The van der Waals surface area contributed by atoms with E-state index in [4.69, 9.17) is 4.74 Å². The number of nitrogens with zero attached hydrogens (tertiary/aromatic N) is 2. The van der Waals surface area contributed by atoms with Gasteiger partial charge in [0.05, 0.1) is 0 Å². The first-order valence-electron chi connectivity index (χ1n) is 6.36. The average Bonchev–Trinajstić information content (AvgIpc) is 2.94. The Morgan fingerprint density at radius 2 is 1.72 bits per heavy atom. The summed E-state index contributed by atoms with van der Waals surface area (Å²) in [6.45, 7) is 2.20. The lowest BCUT2D eigenvalue weighted by Crippen LogP contribution is -2.18. The predicted octanol–water partition coefficient (Wildman–Crippen LogP) is 3.47. The Labute approximate surface area is 107 Å². The Morgan fingerprint density at radius 1 is 0.944 bits per heavy atom. The highest BCUT2D eigenvalue weighted by Crippen LogP contribution is 2.25. The second-order valence-corrected chi connectivity index (χ2v) is 4.46. The molecule has 2 aromatic rings. The van der Waals surface area contributed by atoms with Gasteiger partial charge in [-0.2, -0.15) is 0 Å². The molecule has 0 aliphatic carbocycles. The molecule has 3 nitrogen and oxygen atoms in total. The van der Waals surface area contributed by atoms with Crippen molar-refractivity contribution in [1.82, 2.24) is 4.98 Å². The molecule has 1 aromatic heterocycles. The van der Waals surface area contributed by atoms with Crippen molar-refractivity contribution in [3.63, 3.8) is 0 Å². The first-order chi connectivity index (χ1) is 8.92. The van der Waals surface area contributed by atoms with E-state index in [0.717, 1.165) is 30.4 Å². The van der Waals surface area contributed by atoms with Gasteiger partial charge in [0.1, 0.15) is 17.3 Å². The van der Waals surface area contributed by atoms with Gasteiger partial charge in [-0.3, -0.25) is 0 Å². The van der Waals surface area contributed by atoms with E-state index >= 15 is 0 Å². The minimum absolute atomic E-state index is 0.845. The summed E-state index contributed by atoms with van der Waals surface area (Å²) in [5.41, 5.74) is 0. The SMILES string of the molecule is c1ccc(Oc2ccnc(N3CCCC3)c2)cc1. The Morgan fingerprint density at radius 3 is 2.50 bits per heavy atom. The van der Waals surface area contributed by atoms with E-state index in [-0.39, 0.29) is 0 Å². The van der Waals surface area contributed by atoms with E-state index in [0.29, 0.717) is 0 Å². The van der Waals surface area contributed by atoms with Gasteiger partial charge in [-0.05, 0) is 31.0 Å². The van der Waals surface area contributed by atoms with Crippen LogP contribution in [0.5, 0.6) is 11.5 Å². The Balaban J connectivity index is 1.78. The van der Waals surface area contributed by atoms with E-state index < -0.39 is 0 Å². The smallest absolute Gasteiger partial charge is 0.132 e. The Kier molecular flexibility index (Phi) is 3.13. The van der Waals surface area contributed by atoms with Gasteiger partial charge in [0.15, 0.2) is 0 Å². The van der Waals surface area contributed by atoms with Crippen LogP contribution in [0.15, 0.2) is 48.7 Å². The number of ether oxygens (including phenoxy) is 1. The summed E-state index contributed by atoms with van der Waals surface area (Å²) in [5, 5.41) is 0. The monoisotopic (exact) mass is 240 g/mol. The third-order valence-electron chi connectivity index (χ3n) is 3.13. The molecule has 1 saturated heterocycles. The number of hydrogen-bond donors (Lipinski definition) is 0. The van der Waals surface area contributed by atoms with E-state index in [2.05, 4.69) is 9.88 Å². The zero-order chi connectivity index (χ0) is 12.2. The molecule has 1 aliphatic heterocycles. The molecule has 0 radical (unpaired) electrons. The summed E-state index contributed by atoms with van der Waals surface area (Å²) in [6, 6.07) is 13.7. The van der Waals surface area contributed by atoms with E-state index in [1.54, 1.807) is 0 Å². The van der Waals surface area contributed by atoms with E-state index in [9.17, 15) is 0 Å². The zero-order valence-corrected chi connectivity index (χ0v) is 10.2. The summed E-state index contributed by atoms with van der Waals surface area (Å²) in [5.74, 6) is 2.72. The van der Waals surface area contributed by atoms with Gasteiger partial charge in [-0.25, -0.2) is 4.98 Å². The molecule has 0 spiro atoms. The fourth-order valence-electron chi connectivity index (χ4n) is 2.21. The number of aromatic nitrogens is 1. The van der Waals surface area contributed by atoms with Crippen molar-refractivity contribution in [3.8, 4) is 11.5 Å². The molecular formula is C15H16N2O. The number of para-hydroxylation sites is 1. The second-order valence-electron chi connectivity index (χ2n) is 4.46. The van der Waals surface area contributed by atoms with Crippen molar-refractivity contribution in [3.05, 3.63) is 48.7 Å². The van der Waals surface area contributed by atoms with Gasteiger partial charge in [0.25, 0.3) is 0 Å². The third-order valence-corrected chi connectivity index (χ3v) is 3.13. The molecule has 18 heavy (non-hydrogen) atoms. The zero-order valence-electron chi connectivity index (χ0n) is 10.2. The van der Waals surface area contributed by atoms with Crippen LogP contribution in [0.3, 0.4) is 0 Å². The lowest BCUT2D eigenvalue weighted by Gasteiger charge is -2.16. The minimum atomic E-state index is 0.845. The maximum atomic E-state index is 5.81. The van der Waals surface area contributed by atoms with Crippen LogP contribution in [0.25, 0.3) is 0 Å². The number of hydrogen-bond acceptors (Lipinski definition) is 3. The van der Waals surface area contributed by atoms with Crippen LogP contribution >= 0.6 is 0 Å². The molecule has 2 heterocycles. The molecule has 0 bridgehead atoms. The van der Waals surface area contributed by atoms with Crippen LogP contribution in [0.4, 0.5) is 5.82 Å². The highest BCUT2D eigenvalue weighted by molar-refractivity contribution is 5.45. The molecule has 0 atom stereocenters. The summed E-state index contributed by atoms with van der Waals surface area (Å²) < 4.78 is 5.81. The first kappa shape index (κ1) is 11.1. The lowest BCUT2D eigenvalue weighted by molar-refractivity contribution is 0.482. The molecular weight excluding hydrogens is 224 g/mol. The van der Waals surface area contributed by atoms with Crippen molar-refractivity contribution in [2.75, 3.05) is 18.0 Å². The van der Waals surface area contributed by atoms with Crippen LogP contribution in [0, 0.1) is 0 Å². The number of rotatable bonds is 3. The van der Waals surface area contributed by atoms with Crippen molar-refractivity contribution in [2.24, 2.45) is 0 Å². The van der Waals surface area contributed by atoms with Gasteiger partial charge in [-0.15, -0.1) is 0 Å². The molecule has 0 N–H and O–H groups in total. The quantitative estimate of drug-likeness (QED) is 0.821. The number of anilines is 1. The summed E-state index contributed by atoms with van der Waals surface area (Å²) in [7, 11) is 0. The van der Waals surface area contributed by atoms with Crippen molar-refractivity contribution < 1.29 is 4.74 Å². The predicted molar refractivity (Wildman–Crippen MR) is 72.2 cm³/mol. The fraction of sp³-hybridized carbons (Fsp3) is 0.267. The van der Waals surface area contributed by atoms with Gasteiger partial charge >= 0.3 is 0 Å². The fourth-order valence-corrected chi connectivity index (χ4v) is 2.21. The van der Waals surface area contributed by atoms with Crippen LogP contribution in [-0.4, -0.2) is 18.1 Å². The molecule has 0 saturated carbocycles. The number of benzene rings is 1.